The normalized spacial score (nSPS) is 30.3. The van der Waals surface area contributed by atoms with E-state index in [0.29, 0.717) is 25.9 Å². The van der Waals surface area contributed by atoms with Crippen molar-refractivity contribution in [3.63, 3.8) is 0 Å². The molecular formula is C11H18N2O3. The highest BCUT2D eigenvalue weighted by atomic mass is 16.5. The SMILES string of the molecule is COC1CCN(C(=O)C2CCC(=O)NC2)C1. The number of piperidine rings is 1. The van der Waals surface area contributed by atoms with Crippen molar-refractivity contribution in [1.29, 1.82) is 0 Å². The summed E-state index contributed by atoms with van der Waals surface area (Å²) in [6.07, 6.45) is 2.25. The zero-order chi connectivity index (χ0) is 11.5. The van der Waals surface area contributed by atoms with Crippen LogP contribution in [0.25, 0.3) is 0 Å². The molecule has 2 saturated heterocycles. The Labute approximate surface area is 95.1 Å². The molecule has 2 unspecified atom stereocenters. The van der Waals surface area contributed by atoms with Gasteiger partial charge in [-0.25, -0.2) is 0 Å². The molecule has 90 valence electrons. The molecule has 5 nitrogen and oxygen atoms in total. The zero-order valence-electron chi connectivity index (χ0n) is 9.57. The molecule has 2 fully saturated rings. The van der Waals surface area contributed by atoms with Crippen molar-refractivity contribution in [2.75, 3.05) is 26.7 Å². The van der Waals surface area contributed by atoms with E-state index in [4.69, 9.17) is 4.74 Å². The first-order valence-corrected chi connectivity index (χ1v) is 5.79. The van der Waals surface area contributed by atoms with Crippen LogP contribution in [0.3, 0.4) is 0 Å². The van der Waals surface area contributed by atoms with Crippen LogP contribution >= 0.6 is 0 Å². The summed E-state index contributed by atoms with van der Waals surface area (Å²) in [5, 5.41) is 2.74. The van der Waals surface area contributed by atoms with Gasteiger partial charge in [-0.1, -0.05) is 0 Å². The van der Waals surface area contributed by atoms with Crippen molar-refractivity contribution >= 4 is 11.8 Å². The molecule has 1 N–H and O–H groups in total. The number of rotatable bonds is 2. The van der Waals surface area contributed by atoms with Crippen molar-refractivity contribution in [2.45, 2.75) is 25.4 Å². The number of hydrogen-bond donors (Lipinski definition) is 1. The number of methoxy groups -OCH3 is 1. The van der Waals surface area contributed by atoms with Gasteiger partial charge in [0.2, 0.25) is 11.8 Å². The summed E-state index contributed by atoms with van der Waals surface area (Å²) < 4.78 is 5.23. The predicted octanol–water partition coefficient (Wildman–Crippen LogP) is -0.240. The first kappa shape index (κ1) is 11.4. The van der Waals surface area contributed by atoms with Gasteiger partial charge in [-0.15, -0.1) is 0 Å². The van der Waals surface area contributed by atoms with Gasteiger partial charge in [0.05, 0.1) is 12.0 Å². The molecule has 0 aliphatic carbocycles. The summed E-state index contributed by atoms with van der Waals surface area (Å²) in [5.74, 6) is 0.188. The maximum atomic E-state index is 12.1. The van der Waals surface area contributed by atoms with E-state index in [1.165, 1.54) is 0 Å². The summed E-state index contributed by atoms with van der Waals surface area (Å²) in [6.45, 7) is 1.97. The number of likely N-dealkylation sites (tertiary alicyclic amines) is 1. The molecule has 2 aliphatic heterocycles. The molecule has 2 atom stereocenters. The number of amides is 2. The summed E-state index contributed by atoms with van der Waals surface area (Å²) in [7, 11) is 1.68. The lowest BCUT2D eigenvalue weighted by molar-refractivity contribution is -0.136. The van der Waals surface area contributed by atoms with Gasteiger partial charge in [-0.05, 0) is 12.8 Å². The van der Waals surface area contributed by atoms with E-state index in [-0.39, 0.29) is 23.8 Å². The molecule has 0 aromatic heterocycles. The summed E-state index contributed by atoms with van der Waals surface area (Å²) in [5.41, 5.74) is 0. The molecule has 0 spiro atoms. The van der Waals surface area contributed by atoms with Gasteiger partial charge in [-0.2, -0.15) is 0 Å². The molecule has 0 aromatic carbocycles. The third-order valence-electron chi connectivity index (χ3n) is 3.40. The van der Waals surface area contributed by atoms with Crippen LogP contribution in [0.5, 0.6) is 0 Å². The van der Waals surface area contributed by atoms with Crippen molar-refractivity contribution in [3.8, 4) is 0 Å². The second kappa shape index (κ2) is 4.82. The minimum Gasteiger partial charge on any atom is -0.380 e. The highest BCUT2D eigenvalue weighted by Gasteiger charge is 2.32. The fourth-order valence-corrected chi connectivity index (χ4v) is 2.32. The molecule has 16 heavy (non-hydrogen) atoms. The average molecular weight is 226 g/mol. The van der Waals surface area contributed by atoms with E-state index < -0.39 is 0 Å². The minimum absolute atomic E-state index is 0.0340. The molecule has 2 aliphatic rings. The van der Waals surface area contributed by atoms with Crippen molar-refractivity contribution in [1.82, 2.24) is 10.2 Å². The summed E-state index contributed by atoms with van der Waals surface area (Å²) in [4.78, 5) is 24.9. The Balaban J connectivity index is 1.86. The van der Waals surface area contributed by atoms with Gasteiger partial charge in [-0.3, -0.25) is 9.59 Å². The van der Waals surface area contributed by atoms with Crippen LogP contribution in [0.1, 0.15) is 19.3 Å². The van der Waals surface area contributed by atoms with Crippen LogP contribution in [0.15, 0.2) is 0 Å². The molecule has 2 amide bonds. The van der Waals surface area contributed by atoms with Crippen molar-refractivity contribution in [2.24, 2.45) is 5.92 Å². The van der Waals surface area contributed by atoms with Crippen LogP contribution in [-0.4, -0.2) is 49.6 Å². The first-order chi connectivity index (χ1) is 7.70. The van der Waals surface area contributed by atoms with E-state index in [1.54, 1.807) is 7.11 Å². The van der Waals surface area contributed by atoms with E-state index in [2.05, 4.69) is 5.32 Å². The third-order valence-corrected chi connectivity index (χ3v) is 3.40. The molecule has 2 rings (SSSR count). The van der Waals surface area contributed by atoms with Crippen LogP contribution in [0, 0.1) is 5.92 Å². The molecule has 0 radical (unpaired) electrons. The summed E-state index contributed by atoms with van der Waals surface area (Å²) in [6, 6.07) is 0. The van der Waals surface area contributed by atoms with Gasteiger partial charge < -0.3 is 15.0 Å². The number of carbonyl (C=O) groups is 2. The predicted molar refractivity (Wildman–Crippen MR) is 57.7 cm³/mol. The number of carbonyl (C=O) groups excluding carboxylic acids is 2. The van der Waals surface area contributed by atoms with Gasteiger partial charge in [0.15, 0.2) is 0 Å². The highest BCUT2D eigenvalue weighted by Crippen LogP contribution is 2.19. The molecule has 5 heteroatoms. The lowest BCUT2D eigenvalue weighted by atomic mass is 9.98. The minimum atomic E-state index is -0.0340. The highest BCUT2D eigenvalue weighted by molar-refractivity contribution is 5.83. The number of nitrogens with one attached hydrogen (secondary N) is 1. The van der Waals surface area contributed by atoms with Crippen molar-refractivity contribution in [3.05, 3.63) is 0 Å². The van der Waals surface area contributed by atoms with Crippen molar-refractivity contribution < 1.29 is 14.3 Å². The maximum Gasteiger partial charge on any atom is 0.227 e. The molecule has 2 heterocycles. The molecule has 0 saturated carbocycles. The van der Waals surface area contributed by atoms with Gasteiger partial charge in [0, 0.05) is 33.2 Å². The first-order valence-electron chi connectivity index (χ1n) is 5.79. The number of hydrogen-bond acceptors (Lipinski definition) is 3. The topological polar surface area (TPSA) is 58.6 Å². The lowest BCUT2D eigenvalue weighted by Gasteiger charge is -2.26. The average Bonchev–Trinajstić information content (AvgIpc) is 2.77. The van der Waals surface area contributed by atoms with Crippen LogP contribution in [0.2, 0.25) is 0 Å². The zero-order valence-corrected chi connectivity index (χ0v) is 9.57. The van der Waals surface area contributed by atoms with E-state index in [1.807, 2.05) is 4.90 Å². The Hall–Kier alpha value is -1.10. The Morgan fingerprint density at radius 3 is 2.88 bits per heavy atom. The largest absolute Gasteiger partial charge is 0.380 e. The Bertz CT molecular complexity index is 283. The number of ether oxygens (including phenoxy) is 1. The van der Waals surface area contributed by atoms with E-state index >= 15 is 0 Å². The van der Waals surface area contributed by atoms with E-state index in [9.17, 15) is 9.59 Å². The van der Waals surface area contributed by atoms with E-state index in [0.717, 1.165) is 13.0 Å². The fourth-order valence-electron chi connectivity index (χ4n) is 2.32. The van der Waals surface area contributed by atoms with Crippen LogP contribution in [-0.2, 0) is 14.3 Å². The quantitative estimate of drug-likeness (QED) is 0.707. The smallest absolute Gasteiger partial charge is 0.227 e. The molecule has 0 aromatic rings. The van der Waals surface area contributed by atoms with Gasteiger partial charge in [0.25, 0.3) is 0 Å². The monoisotopic (exact) mass is 226 g/mol. The second-order valence-corrected chi connectivity index (χ2v) is 4.47. The fraction of sp³-hybridized carbons (Fsp3) is 0.818. The Morgan fingerprint density at radius 1 is 1.50 bits per heavy atom. The molecular weight excluding hydrogens is 208 g/mol. The van der Waals surface area contributed by atoms with Gasteiger partial charge >= 0.3 is 0 Å². The maximum absolute atomic E-state index is 12.1. The number of nitrogens with zero attached hydrogens (tertiary/aromatic N) is 1. The summed E-state index contributed by atoms with van der Waals surface area (Å²) >= 11 is 0. The third kappa shape index (κ3) is 2.35. The van der Waals surface area contributed by atoms with Gasteiger partial charge in [0.1, 0.15) is 0 Å². The molecule has 0 bridgehead atoms. The Kier molecular flexibility index (Phi) is 3.43. The Morgan fingerprint density at radius 2 is 2.31 bits per heavy atom. The lowest BCUT2D eigenvalue weighted by Crippen LogP contribution is -2.44. The van der Waals surface area contributed by atoms with Crippen LogP contribution in [0.4, 0.5) is 0 Å². The standard InChI is InChI=1S/C11H18N2O3/c1-16-9-4-5-13(7-9)11(15)8-2-3-10(14)12-6-8/h8-9H,2-7H2,1H3,(H,12,14). The second-order valence-electron chi connectivity index (χ2n) is 4.47. The van der Waals surface area contributed by atoms with Crippen LogP contribution < -0.4 is 5.32 Å².